The monoisotopic (exact) mass is 334 g/mol. The molecule has 0 bridgehead atoms. The van der Waals surface area contributed by atoms with Crippen molar-refractivity contribution in [1.82, 2.24) is 5.01 Å². The first-order chi connectivity index (χ1) is 11.6. The van der Waals surface area contributed by atoms with Crippen molar-refractivity contribution in [2.24, 2.45) is 11.0 Å². The number of nitrogens with zero attached hydrogens (tertiary/aromatic N) is 2. The molecule has 0 aromatic heterocycles. The van der Waals surface area contributed by atoms with Crippen LogP contribution in [0.25, 0.3) is 0 Å². The fourth-order valence-electron chi connectivity index (χ4n) is 3.65. The number of hydrogen-bond donors (Lipinski definition) is 0. The zero-order valence-corrected chi connectivity index (χ0v) is 14.7. The van der Waals surface area contributed by atoms with Crippen LogP contribution in [0.15, 0.2) is 28.6 Å². The van der Waals surface area contributed by atoms with Gasteiger partial charge in [0, 0.05) is 25.5 Å². The van der Waals surface area contributed by atoms with E-state index in [4.69, 9.17) is 14.2 Å². The van der Waals surface area contributed by atoms with Gasteiger partial charge in [-0.25, -0.2) is 0 Å². The molecule has 1 heterocycles. The van der Waals surface area contributed by atoms with E-state index in [0.29, 0.717) is 18.2 Å². The van der Waals surface area contributed by atoms with Gasteiger partial charge in [0.15, 0.2) is 6.23 Å². The summed E-state index contributed by atoms with van der Waals surface area (Å²) in [6.07, 6.45) is 9.91. The molecule has 1 fully saturated rings. The quantitative estimate of drug-likeness (QED) is 0.793. The minimum atomic E-state index is -0.298. The van der Waals surface area contributed by atoms with E-state index in [1.54, 1.807) is 14.2 Å². The summed E-state index contributed by atoms with van der Waals surface area (Å²) in [6.45, 7) is 1.54. The van der Waals surface area contributed by atoms with Crippen molar-refractivity contribution < 1.29 is 19.0 Å². The van der Waals surface area contributed by atoms with Crippen LogP contribution in [0, 0.1) is 5.92 Å². The Labute approximate surface area is 143 Å². The molecule has 2 aliphatic carbocycles. The smallest absolute Gasteiger partial charge is 0.242 e. The number of methoxy groups -OCH3 is 2. The molecular formula is C18H26N2O4. The highest BCUT2D eigenvalue weighted by Gasteiger charge is 2.40. The minimum Gasteiger partial charge on any atom is -0.497 e. The molecule has 6 heteroatoms. The molecule has 1 aliphatic heterocycles. The van der Waals surface area contributed by atoms with Crippen molar-refractivity contribution in [2.75, 3.05) is 14.2 Å². The third kappa shape index (κ3) is 3.34. The van der Waals surface area contributed by atoms with Crippen molar-refractivity contribution in [1.29, 1.82) is 0 Å². The second-order valence-electron chi connectivity index (χ2n) is 6.55. The largest absolute Gasteiger partial charge is 0.497 e. The van der Waals surface area contributed by atoms with Crippen LogP contribution in [0.4, 0.5) is 0 Å². The topological polar surface area (TPSA) is 60.4 Å². The van der Waals surface area contributed by atoms with E-state index in [9.17, 15) is 4.79 Å². The summed E-state index contributed by atoms with van der Waals surface area (Å²) in [5.41, 5.74) is 0.835. The Kier molecular flexibility index (Phi) is 5.23. The van der Waals surface area contributed by atoms with Crippen LogP contribution in [0.1, 0.15) is 45.4 Å². The highest BCUT2D eigenvalue weighted by Crippen LogP contribution is 2.34. The highest BCUT2D eigenvalue weighted by atomic mass is 16.5. The molecule has 0 spiro atoms. The lowest BCUT2D eigenvalue weighted by Crippen LogP contribution is -2.39. The number of carbonyl (C=O) groups is 1. The van der Waals surface area contributed by atoms with Crippen molar-refractivity contribution in [2.45, 2.75) is 57.8 Å². The molecule has 3 aliphatic rings. The molecule has 0 radical (unpaired) electrons. The van der Waals surface area contributed by atoms with Crippen LogP contribution >= 0.6 is 0 Å². The molecule has 0 N–H and O–H groups in total. The Hall–Kier alpha value is -1.82. The van der Waals surface area contributed by atoms with Gasteiger partial charge in [-0.3, -0.25) is 4.79 Å². The van der Waals surface area contributed by atoms with Crippen molar-refractivity contribution in [3.63, 3.8) is 0 Å². The third-order valence-electron chi connectivity index (χ3n) is 4.99. The molecule has 1 saturated carbocycles. The second-order valence-corrected chi connectivity index (χ2v) is 6.55. The molecule has 0 aromatic rings. The van der Waals surface area contributed by atoms with Crippen LogP contribution in [-0.2, 0) is 19.0 Å². The van der Waals surface area contributed by atoms with Gasteiger partial charge in [-0.15, -0.1) is 5.10 Å². The molecule has 24 heavy (non-hydrogen) atoms. The van der Waals surface area contributed by atoms with Crippen molar-refractivity contribution in [3.8, 4) is 0 Å². The van der Waals surface area contributed by atoms with Gasteiger partial charge in [0.2, 0.25) is 11.8 Å². The average Bonchev–Trinajstić information content (AvgIpc) is 3.07. The van der Waals surface area contributed by atoms with Gasteiger partial charge in [-0.05, 0) is 31.4 Å². The van der Waals surface area contributed by atoms with Gasteiger partial charge < -0.3 is 14.2 Å². The van der Waals surface area contributed by atoms with Gasteiger partial charge >= 0.3 is 0 Å². The standard InChI is InChI=1S/C18H26N2O4/c1-12(21)20-18(13-7-5-4-6-8-13)24-17(19-20)15-11-14(22-2)9-10-16(15)23-3/h9,11,13,16,18H,4-8,10H2,1-3H3. The average molecular weight is 334 g/mol. The lowest BCUT2D eigenvalue weighted by atomic mass is 9.87. The predicted molar refractivity (Wildman–Crippen MR) is 90.0 cm³/mol. The van der Waals surface area contributed by atoms with Crippen molar-refractivity contribution in [3.05, 3.63) is 23.5 Å². The summed E-state index contributed by atoms with van der Waals surface area (Å²) in [5, 5.41) is 5.99. The molecule has 6 nitrogen and oxygen atoms in total. The summed E-state index contributed by atoms with van der Waals surface area (Å²) in [5.74, 6) is 1.50. The van der Waals surface area contributed by atoms with E-state index in [1.807, 2.05) is 12.2 Å². The Bertz CT molecular complexity index is 576. The van der Waals surface area contributed by atoms with Crippen molar-refractivity contribution >= 4 is 11.8 Å². The summed E-state index contributed by atoms with van der Waals surface area (Å²) >= 11 is 0. The van der Waals surface area contributed by atoms with E-state index in [-0.39, 0.29) is 18.2 Å². The summed E-state index contributed by atoms with van der Waals surface area (Å²) in [7, 11) is 3.30. The maximum Gasteiger partial charge on any atom is 0.242 e. The number of amides is 1. The Morgan fingerprint density at radius 2 is 2.04 bits per heavy atom. The highest BCUT2D eigenvalue weighted by molar-refractivity contribution is 5.97. The maximum absolute atomic E-state index is 12.1. The molecule has 0 saturated heterocycles. The van der Waals surface area contributed by atoms with E-state index in [0.717, 1.165) is 24.2 Å². The van der Waals surface area contributed by atoms with Gasteiger partial charge in [0.05, 0.1) is 13.2 Å². The first-order valence-electron chi connectivity index (χ1n) is 8.68. The summed E-state index contributed by atoms with van der Waals surface area (Å²) in [4.78, 5) is 12.1. The van der Waals surface area contributed by atoms with Gasteiger partial charge in [0.25, 0.3) is 0 Å². The fraction of sp³-hybridized carbons (Fsp3) is 0.667. The van der Waals surface area contributed by atoms with E-state index < -0.39 is 0 Å². The maximum atomic E-state index is 12.1. The summed E-state index contributed by atoms with van der Waals surface area (Å²) < 4.78 is 17.0. The summed E-state index contributed by atoms with van der Waals surface area (Å²) in [6, 6.07) is 0. The van der Waals surface area contributed by atoms with E-state index >= 15 is 0 Å². The zero-order chi connectivity index (χ0) is 17.1. The second kappa shape index (κ2) is 7.38. The Morgan fingerprint density at radius 3 is 2.67 bits per heavy atom. The third-order valence-corrected chi connectivity index (χ3v) is 4.99. The number of allylic oxidation sites excluding steroid dienone is 1. The molecule has 2 atom stereocenters. The zero-order valence-electron chi connectivity index (χ0n) is 14.7. The molecule has 3 rings (SSSR count). The first-order valence-corrected chi connectivity index (χ1v) is 8.68. The molecule has 2 unspecified atom stereocenters. The Balaban J connectivity index is 1.84. The SMILES string of the molecule is COC1=CCC(OC)C(C2=NN(C(C)=O)C(C3CCCCC3)O2)=C1. The van der Waals surface area contributed by atoms with Crippen LogP contribution in [0.2, 0.25) is 0 Å². The van der Waals surface area contributed by atoms with Gasteiger partial charge in [-0.2, -0.15) is 5.01 Å². The van der Waals surface area contributed by atoms with E-state index in [1.165, 1.54) is 31.2 Å². The van der Waals surface area contributed by atoms with Crippen LogP contribution in [-0.4, -0.2) is 43.4 Å². The van der Waals surface area contributed by atoms with Crippen LogP contribution in [0.5, 0.6) is 0 Å². The normalized spacial score (nSPS) is 28.0. The molecule has 132 valence electrons. The first kappa shape index (κ1) is 17.0. The number of hydrazone groups is 1. The fourth-order valence-corrected chi connectivity index (χ4v) is 3.65. The van der Waals surface area contributed by atoms with Crippen LogP contribution < -0.4 is 0 Å². The van der Waals surface area contributed by atoms with E-state index in [2.05, 4.69) is 5.10 Å². The predicted octanol–water partition coefficient (Wildman–Crippen LogP) is 2.96. The molecule has 1 amide bonds. The van der Waals surface area contributed by atoms with Crippen LogP contribution in [0.3, 0.4) is 0 Å². The van der Waals surface area contributed by atoms with Gasteiger partial charge in [0.1, 0.15) is 5.76 Å². The number of hydrogen-bond acceptors (Lipinski definition) is 5. The lowest BCUT2D eigenvalue weighted by Gasteiger charge is -2.30. The number of carbonyl (C=O) groups excluding carboxylic acids is 1. The Morgan fingerprint density at radius 1 is 1.29 bits per heavy atom. The van der Waals surface area contributed by atoms with Gasteiger partial charge in [-0.1, -0.05) is 19.3 Å². The molecule has 0 aromatic carbocycles. The minimum absolute atomic E-state index is 0.0894. The lowest BCUT2D eigenvalue weighted by molar-refractivity contribution is -0.138. The number of ether oxygens (including phenoxy) is 3. The number of rotatable bonds is 4. The molecular weight excluding hydrogens is 308 g/mol.